The second-order valence-corrected chi connectivity index (χ2v) is 14.0. The number of carbonyl (C=O) groups is 2. The molecule has 0 bridgehead atoms. The van der Waals surface area contributed by atoms with E-state index in [0.29, 0.717) is 24.5 Å². The summed E-state index contributed by atoms with van der Waals surface area (Å²) >= 11 is 0. The summed E-state index contributed by atoms with van der Waals surface area (Å²) in [6.45, 7) is 5.84. The van der Waals surface area contributed by atoms with Crippen molar-refractivity contribution in [2.75, 3.05) is 50.6 Å². The third-order valence-electron chi connectivity index (χ3n) is 7.68. The molecule has 0 aliphatic rings. The Kier molecular flexibility index (Phi) is 24.3. The molecule has 0 aromatic heterocycles. The van der Waals surface area contributed by atoms with E-state index in [1.54, 1.807) is 32.0 Å². The first-order chi connectivity index (χ1) is 22.3. The molecule has 11 heteroatoms. The summed E-state index contributed by atoms with van der Waals surface area (Å²) in [5.74, 6) is -1.65. The smallest absolute Gasteiger partial charge is 0.330 e. The van der Waals surface area contributed by atoms with Crippen LogP contribution in [0.3, 0.4) is 0 Å². The summed E-state index contributed by atoms with van der Waals surface area (Å²) in [6.07, 6.45) is 21.0. The molecule has 2 N–H and O–H groups in total. The normalized spacial score (nSPS) is 11.5. The van der Waals surface area contributed by atoms with Crippen LogP contribution in [0.4, 0.5) is 5.69 Å². The van der Waals surface area contributed by atoms with Crippen LogP contribution < -0.4 is 14.4 Å². The lowest BCUT2D eigenvalue weighted by Gasteiger charge is -2.25. The highest BCUT2D eigenvalue weighted by Gasteiger charge is 2.24. The molecule has 1 aromatic rings. The second kappa shape index (κ2) is 26.7. The van der Waals surface area contributed by atoms with Crippen LogP contribution in [0.5, 0.6) is 11.5 Å². The number of anilines is 1. The number of para-hydroxylation sites is 1. The number of benzene rings is 1. The zero-order valence-electron chi connectivity index (χ0n) is 28.8. The molecule has 0 aliphatic heterocycles. The quantitative estimate of drug-likeness (QED) is 0.0564. The Morgan fingerprint density at radius 2 is 1.11 bits per heavy atom. The van der Waals surface area contributed by atoms with Gasteiger partial charge in [0.1, 0.15) is 13.1 Å². The van der Waals surface area contributed by atoms with Gasteiger partial charge in [0.05, 0.1) is 38.3 Å². The van der Waals surface area contributed by atoms with Gasteiger partial charge in [0.25, 0.3) is 0 Å². The maximum Gasteiger partial charge on any atom is 0.330 e. The summed E-state index contributed by atoms with van der Waals surface area (Å²) < 4.78 is 35.7. The molecule has 1 rings (SSSR count). The lowest BCUT2D eigenvalue weighted by atomic mass is 10.0. The topological polar surface area (TPSA) is 132 Å². The minimum atomic E-state index is -3.25. The van der Waals surface area contributed by atoms with Gasteiger partial charge in [0.15, 0.2) is 11.5 Å². The van der Waals surface area contributed by atoms with Crippen molar-refractivity contribution in [1.29, 1.82) is 0 Å². The van der Waals surface area contributed by atoms with Gasteiger partial charge >= 0.3 is 19.5 Å². The summed E-state index contributed by atoms with van der Waals surface area (Å²) in [5, 5.41) is 18.8. The molecule has 0 unspecified atom stereocenters. The van der Waals surface area contributed by atoms with Gasteiger partial charge in [-0.15, -0.1) is 0 Å². The monoisotopic (exact) mass is 671 g/mol. The summed E-state index contributed by atoms with van der Waals surface area (Å²) in [4.78, 5) is 24.3. The summed E-state index contributed by atoms with van der Waals surface area (Å²) in [6, 6.07) is 5.05. The highest BCUT2D eigenvalue weighted by atomic mass is 31.2. The van der Waals surface area contributed by atoms with Crippen molar-refractivity contribution in [3.63, 3.8) is 0 Å². The fourth-order valence-electron chi connectivity index (χ4n) is 5.39. The lowest BCUT2D eigenvalue weighted by Crippen LogP contribution is -2.34. The third-order valence-corrected chi connectivity index (χ3v) is 9.85. The number of aliphatic carboxylic acids is 2. The van der Waals surface area contributed by atoms with E-state index in [-0.39, 0.29) is 31.7 Å². The Labute approximate surface area is 278 Å². The molecule has 0 amide bonds. The van der Waals surface area contributed by atoms with Crippen molar-refractivity contribution in [2.45, 2.75) is 130 Å². The molecule has 0 heterocycles. The van der Waals surface area contributed by atoms with Crippen LogP contribution in [0.15, 0.2) is 18.2 Å². The molecule has 0 radical (unpaired) electrons. The zero-order valence-corrected chi connectivity index (χ0v) is 29.7. The van der Waals surface area contributed by atoms with E-state index in [9.17, 15) is 24.4 Å². The standard InChI is InChI=1S/C35H62NO9P/c1-4-7-8-9-10-11-12-13-14-15-16-17-18-19-20-21-26-42-32-25-22-24-31(36(29-33(37)38)30-34(39)40)35(32)43-27-23-28-46(41,44-5-2)45-6-3/h22,24-25H,4-21,23,26-30H2,1-3H3,(H,37,38)(H,39,40). The summed E-state index contributed by atoms with van der Waals surface area (Å²) in [5.41, 5.74) is 0.312. The van der Waals surface area contributed by atoms with Crippen LogP contribution >= 0.6 is 7.60 Å². The van der Waals surface area contributed by atoms with Crippen molar-refractivity contribution in [1.82, 2.24) is 0 Å². The zero-order chi connectivity index (χ0) is 33.9. The van der Waals surface area contributed by atoms with Crippen LogP contribution in [0.25, 0.3) is 0 Å². The predicted octanol–water partition coefficient (Wildman–Crippen LogP) is 9.34. The number of unbranched alkanes of at least 4 members (excludes halogenated alkanes) is 15. The molecule has 0 fully saturated rings. The van der Waals surface area contributed by atoms with Crippen LogP contribution in [-0.4, -0.2) is 67.8 Å². The molecular formula is C35H62NO9P. The van der Waals surface area contributed by atoms with E-state index in [0.717, 1.165) is 19.3 Å². The SMILES string of the molecule is CCCCCCCCCCCCCCCCCCOc1cccc(N(CC(=O)O)CC(=O)O)c1OCCCP(=O)(OCC)OCC. The van der Waals surface area contributed by atoms with E-state index in [1.807, 2.05) is 0 Å². The van der Waals surface area contributed by atoms with Gasteiger partial charge in [-0.25, -0.2) is 0 Å². The number of ether oxygens (including phenoxy) is 2. The largest absolute Gasteiger partial charge is 0.490 e. The molecule has 46 heavy (non-hydrogen) atoms. The molecule has 0 aliphatic carbocycles. The van der Waals surface area contributed by atoms with E-state index in [1.165, 1.54) is 88.4 Å². The van der Waals surface area contributed by atoms with E-state index < -0.39 is 32.6 Å². The van der Waals surface area contributed by atoms with Crippen LogP contribution in [-0.2, 0) is 23.2 Å². The Morgan fingerprint density at radius 3 is 1.57 bits per heavy atom. The molecule has 1 aromatic carbocycles. The average Bonchev–Trinajstić information content (AvgIpc) is 3.00. The van der Waals surface area contributed by atoms with Crippen molar-refractivity contribution >= 4 is 25.2 Å². The number of carboxylic acid groups (broad SMARTS) is 2. The fraction of sp³-hybridized carbons (Fsp3) is 0.771. The Hall–Kier alpha value is -2.29. The molecule has 0 atom stereocenters. The number of hydrogen-bond donors (Lipinski definition) is 2. The first-order valence-corrected chi connectivity index (χ1v) is 19.4. The Balaban J connectivity index is 2.56. The van der Waals surface area contributed by atoms with Crippen LogP contribution in [0.1, 0.15) is 130 Å². The number of hydrogen-bond acceptors (Lipinski definition) is 8. The first kappa shape index (κ1) is 41.7. The van der Waals surface area contributed by atoms with Gasteiger partial charge < -0.3 is 33.6 Å². The Bertz CT molecular complexity index is 965. The highest BCUT2D eigenvalue weighted by Crippen LogP contribution is 2.48. The van der Waals surface area contributed by atoms with Gasteiger partial charge in [-0.3, -0.25) is 14.2 Å². The van der Waals surface area contributed by atoms with Crippen LogP contribution in [0, 0.1) is 0 Å². The molecule has 0 saturated heterocycles. The van der Waals surface area contributed by atoms with Crippen molar-refractivity contribution in [3.05, 3.63) is 18.2 Å². The molecule has 266 valence electrons. The maximum atomic E-state index is 12.8. The van der Waals surface area contributed by atoms with Gasteiger partial charge in [-0.1, -0.05) is 109 Å². The van der Waals surface area contributed by atoms with Crippen molar-refractivity contribution in [3.8, 4) is 11.5 Å². The predicted molar refractivity (Wildman–Crippen MR) is 185 cm³/mol. The minimum absolute atomic E-state index is 0.130. The highest BCUT2D eigenvalue weighted by molar-refractivity contribution is 7.53. The second-order valence-electron chi connectivity index (χ2n) is 11.8. The van der Waals surface area contributed by atoms with Crippen molar-refractivity contribution < 1.29 is 42.9 Å². The Morgan fingerprint density at radius 1 is 0.652 bits per heavy atom. The summed E-state index contributed by atoms with van der Waals surface area (Å²) in [7, 11) is -3.25. The van der Waals surface area contributed by atoms with E-state index >= 15 is 0 Å². The molecule has 0 spiro atoms. The van der Waals surface area contributed by atoms with Gasteiger partial charge in [0, 0.05) is 0 Å². The number of carboxylic acids is 2. The van der Waals surface area contributed by atoms with Crippen LogP contribution in [0.2, 0.25) is 0 Å². The molecular weight excluding hydrogens is 609 g/mol. The van der Waals surface area contributed by atoms with E-state index in [4.69, 9.17) is 18.5 Å². The first-order valence-electron chi connectivity index (χ1n) is 17.7. The third kappa shape index (κ3) is 20.1. The fourth-order valence-corrected chi connectivity index (χ4v) is 7.03. The maximum absolute atomic E-state index is 12.8. The van der Waals surface area contributed by atoms with Crippen molar-refractivity contribution in [2.24, 2.45) is 0 Å². The van der Waals surface area contributed by atoms with Gasteiger partial charge in [-0.05, 0) is 38.8 Å². The molecule has 10 nitrogen and oxygen atoms in total. The van der Waals surface area contributed by atoms with Gasteiger partial charge in [-0.2, -0.15) is 0 Å². The number of nitrogens with zero attached hydrogens (tertiary/aromatic N) is 1. The lowest BCUT2D eigenvalue weighted by molar-refractivity contribution is -0.136. The number of rotatable bonds is 32. The average molecular weight is 672 g/mol. The van der Waals surface area contributed by atoms with Gasteiger partial charge in [0.2, 0.25) is 0 Å². The van der Waals surface area contributed by atoms with E-state index in [2.05, 4.69) is 6.92 Å². The molecule has 0 saturated carbocycles. The minimum Gasteiger partial charge on any atom is -0.490 e.